The van der Waals surface area contributed by atoms with Gasteiger partial charge in [-0.2, -0.15) is 4.39 Å². The molecule has 0 aliphatic carbocycles. The largest absolute Gasteiger partial charge is 0.487 e. The van der Waals surface area contributed by atoms with Gasteiger partial charge in [0.15, 0.2) is 0 Å². The van der Waals surface area contributed by atoms with Gasteiger partial charge in [0, 0.05) is 11.6 Å². The van der Waals surface area contributed by atoms with Crippen LogP contribution in [0.5, 0.6) is 5.75 Å². The third kappa shape index (κ3) is 3.30. The quantitative estimate of drug-likeness (QED) is 0.670. The highest BCUT2D eigenvalue weighted by Crippen LogP contribution is 2.21. The second kappa shape index (κ2) is 5.95. The van der Waals surface area contributed by atoms with Gasteiger partial charge >= 0.3 is 11.7 Å². The number of pyridine rings is 1. The Morgan fingerprint density at radius 3 is 2.71 bits per heavy atom. The van der Waals surface area contributed by atoms with Crippen LogP contribution < -0.4 is 4.74 Å². The molecule has 0 fully saturated rings. The van der Waals surface area contributed by atoms with Crippen molar-refractivity contribution in [2.75, 3.05) is 0 Å². The smallest absolute Gasteiger partial charge is 0.354 e. The molecule has 0 aliphatic rings. The minimum atomic E-state index is -1.17. The molecule has 1 N–H and O–H groups in total. The summed E-state index contributed by atoms with van der Waals surface area (Å²) in [4.78, 5) is 24.0. The summed E-state index contributed by atoms with van der Waals surface area (Å²) in [5.74, 6) is -1.91. The van der Waals surface area contributed by atoms with Gasteiger partial charge in [-0.15, -0.1) is 0 Å². The van der Waals surface area contributed by atoms with Crippen LogP contribution in [-0.4, -0.2) is 21.0 Å². The number of nitro groups is 1. The van der Waals surface area contributed by atoms with Crippen molar-refractivity contribution in [3.8, 4) is 5.75 Å². The molecule has 21 heavy (non-hydrogen) atoms. The van der Waals surface area contributed by atoms with Crippen molar-refractivity contribution in [2.24, 2.45) is 0 Å². The third-order valence-electron chi connectivity index (χ3n) is 2.60. The lowest BCUT2D eigenvalue weighted by Gasteiger charge is -2.07. The second-order valence-electron chi connectivity index (χ2n) is 3.98. The van der Waals surface area contributed by atoms with Crippen LogP contribution in [0, 0.1) is 15.9 Å². The Balaban J connectivity index is 2.11. The van der Waals surface area contributed by atoms with Crippen molar-refractivity contribution in [1.29, 1.82) is 0 Å². The fraction of sp³-hybridized carbons (Fsp3) is 0.0769. The maximum absolute atomic E-state index is 13.8. The molecule has 7 nitrogen and oxygen atoms in total. The predicted octanol–water partition coefficient (Wildman–Crippen LogP) is 2.41. The van der Waals surface area contributed by atoms with Crippen LogP contribution >= 0.6 is 0 Å². The number of carbonyl (C=O) groups is 1. The minimum absolute atomic E-state index is 0.0199. The summed E-state index contributed by atoms with van der Waals surface area (Å²) < 4.78 is 19.0. The normalized spacial score (nSPS) is 10.1. The Morgan fingerprint density at radius 1 is 1.38 bits per heavy atom. The standard InChI is InChI=1S/C13H9FN2O5/c14-12-8(2-1-3-11(12)16(19)20)7-21-9-4-5-10(13(17)18)15-6-9/h1-6H,7H2,(H,17,18). The Bertz CT molecular complexity index is 687. The van der Waals surface area contributed by atoms with E-state index in [0.717, 1.165) is 6.07 Å². The summed E-state index contributed by atoms with van der Waals surface area (Å²) >= 11 is 0. The van der Waals surface area contributed by atoms with Crippen LogP contribution in [0.3, 0.4) is 0 Å². The average molecular weight is 292 g/mol. The summed E-state index contributed by atoms with van der Waals surface area (Å²) in [7, 11) is 0. The van der Waals surface area contributed by atoms with E-state index in [1.807, 2.05) is 0 Å². The molecule has 0 saturated carbocycles. The van der Waals surface area contributed by atoms with Gasteiger partial charge < -0.3 is 9.84 Å². The Kier molecular flexibility index (Phi) is 4.07. The summed E-state index contributed by atoms with van der Waals surface area (Å²) in [5, 5.41) is 19.3. The van der Waals surface area contributed by atoms with Crippen LogP contribution in [0.2, 0.25) is 0 Å². The van der Waals surface area contributed by atoms with E-state index < -0.39 is 22.4 Å². The van der Waals surface area contributed by atoms with Crippen LogP contribution in [0.1, 0.15) is 16.1 Å². The van der Waals surface area contributed by atoms with Crippen molar-refractivity contribution < 1.29 is 24.0 Å². The Morgan fingerprint density at radius 2 is 2.14 bits per heavy atom. The van der Waals surface area contributed by atoms with Gasteiger partial charge in [-0.3, -0.25) is 10.1 Å². The molecule has 0 unspecified atom stereocenters. The number of nitrogens with zero attached hydrogens (tertiary/aromatic N) is 2. The molecule has 0 radical (unpaired) electrons. The first-order valence-corrected chi connectivity index (χ1v) is 5.73. The first-order valence-electron chi connectivity index (χ1n) is 5.73. The molecule has 0 spiro atoms. The SMILES string of the molecule is O=C(O)c1ccc(OCc2cccc([N+](=O)[O-])c2F)cn1. The van der Waals surface area contributed by atoms with Crippen molar-refractivity contribution in [1.82, 2.24) is 4.98 Å². The molecule has 2 aromatic rings. The topological polar surface area (TPSA) is 103 Å². The fourth-order valence-corrected chi connectivity index (χ4v) is 1.57. The second-order valence-corrected chi connectivity index (χ2v) is 3.98. The van der Waals surface area contributed by atoms with Gasteiger partial charge in [-0.1, -0.05) is 12.1 Å². The fourth-order valence-electron chi connectivity index (χ4n) is 1.57. The highest BCUT2D eigenvalue weighted by molar-refractivity contribution is 5.85. The van der Waals surface area contributed by atoms with Gasteiger partial charge in [0.25, 0.3) is 0 Å². The molecular formula is C13H9FN2O5. The van der Waals surface area contributed by atoms with E-state index in [0.29, 0.717) is 0 Å². The van der Waals surface area contributed by atoms with Gasteiger partial charge in [-0.25, -0.2) is 9.78 Å². The number of halogens is 1. The number of nitro benzene ring substituents is 1. The Labute approximate surface area is 117 Å². The zero-order valence-electron chi connectivity index (χ0n) is 10.5. The van der Waals surface area contributed by atoms with Crippen LogP contribution in [-0.2, 0) is 6.61 Å². The first-order chi connectivity index (χ1) is 9.99. The van der Waals surface area contributed by atoms with Crippen LogP contribution in [0.15, 0.2) is 36.5 Å². The first kappa shape index (κ1) is 14.4. The summed E-state index contributed by atoms with van der Waals surface area (Å²) in [6.45, 7) is -0.235. The molecular weight excluding hydrogens is 283 g/mol. The van der Waals surface area contributed by atoms with Crippen LogP contribution in [0.25, 0.3) is 0 Å². The number of aromatic carboxylic acids is 1. The monoisotopic (exact) mass is 292 g/mol. The molecule has 0 bridgehead atoms. The van der Waals surface area contributed by atoms with E-state index in [1.165, 1.54) is 30.5 Å². The number of aromatic nitrogens is 1. The van der Waals surface area contributed by atoms with E-state index in [-0.39, 0.29) is 23.6 Å². The van der Waals surface area contributed by atoms with Gasteiger partial charge in [0.1, 0.15) is 18.1 Å². The lowest BCUT2D eigenvalue weighted by molar-refractivity contribution is -0.387. The predicted molar refractivity (Wildman–Crippen MR) is 68.6 cm³/mol. The molecule has 8 heteroatoms. The third-order valence-corrected chi connectivity index (χ3v) is 2.60. The average Bonchev–Trinajstić information content (AvgIpc) is 2.46. The van der Waals surface area contributed by atoms with Gasteiger partial charge in [0.05, 0.1) is 11.1 Å². The summed E-state index contributed by atoms with van der Waals surface area (Å²) in [5.41, 5.74) is -0.758. The zero-order valence-corrected chi connectivity index (χ0v) is 10.5. The molecule has 1 aromatic heterocycles. The molecule has 108 valence electrons. The molecule has 0 amide bonds. The number of carboxylic acids is 1. The maximum Gasteiger partial charge on any atom is 0.354 e. The molecule has 0 aliphatic heterocycles. The maximum atomic E-state index is 13.8. The highest BCUT2D eigenvalue weighted by Gasteiger charge is 2.17. The van der Waals surface area contributed by atoms with Gasteiger partial charge in [-0.05, 0) is 12.1 Å². The lowest BCUT2D eigenvalue weighted by Crippen LogP contribution is -2.03. The molecule has 0 atom stereocenters. The highest BCUT2D eigenvalue weighted by atomic mass is 19.1. The van der Waals surface area contributed by atoms with Gasteiger partial charge in [0.2, 0.25) is 5.82 Å². The van der Waals surface area contributed by atoms with Crippen molar-refractivity contribution in [2.45, 2.75) is 6.61 Å². The number of benzene rings is 1. The minimum Gasteiger partial charge on any atom is -0.487 e. The molecule has 1 heterocycles. The number of ether oxygens (including phenoxy) is 1. The van der Waals surface area contributed by atoms with E-state index in [4.69, 9.17) is 9.84 Å². The van der Waals surface area contributed by atoms with E-state index in [9.17, 15) is 19.3 Å². The van der Waals surface area contributed by atoms with E-state index >= 15 is 0 Å². The zero-order chi connectivity index (χ0) is 15.4. The number of carboxylic acid groups (broad SMARTS) is 1. The molecule has 0 saturated heterocycles. The number of hydrogen-bond acceptors (Lipinski definition) is 5. The number of rotatable bonds is 5. The van der Waals surface area contributed by atoms with E-state index in [1.54, 1.807) is 0 Å². The van der Waals surface area contributed by atoms with Crippen LogP contribution in [0.4, 0.5) is 10.1 Å². The summed E-state index contributed by atoms with van der Waals surface area (Å²) in [6.07, 6.45) is 1.18. The van der Waals surface area contributed by atoms with Crippen molar-refractivity contribution in [3.63, 3.8) is 0 Å². The molecule has 1 aromatic carbocycles. The lowest BCUT2D eigenvalue weighted by atomic mass is 10.2. The van der Waals surface area contributed by atoms with Crippen molar-refractivity contribution in [3.05, 3.63) is 63.7 Å². The summed E-state index contributed by atoms with van der Waals surface area (Å²) in [6, 6.07) is 6.38. The number of hydrogen-bond donors (Lipinski definition) is 1. The molecule has 2 rings (SSSR count). The van der Waals surface area contributed by atoms with E-state index in [2.05, 4.69) is 4.98 Å². The Hall–Kier alpha value is -3.03. The van der Waals surface area contributed by atoms with Crippen molar-refractivity contribution >= 4 is 11.7 Å².